The highest BCUT2D eigenvalue weighted by molar-refractivity contribution is 5.81. The number of ether oxygens (including phenoxy) is 2. The fourth-order valence-corrected chi connectivity index (χ4v) is 1.02. The van der Waals surface area contributed by atoms with Crippen molar-refractivity contribution in [3.8, 4) is 0 Å². The molecule has 68 valence electrons. The fourth-order valence-electron chi connectivity index (χ4n) is 1.02. The van der Waals surface area contributed by atoms with Gasteiger partial charge in [-0.05, 0) is 13.3 Å². The van der Waals surface area contributed by atoms with Gasteiger partial charge in [0.05, 0.1) is 6.61 Å². The van der Waals surface area contributed by atoms with Crippen LogP contribution in [0.3, 0.4) is 0 Å². The zero-order chi connectivity index (χ0) is 8.97. The molecule has 0 aromatic carbocycles. The number of carbonyl (C=O) groups is 1. The van der Waals surface area contributed by atoms with E-state index in [0.29, 0.717) is 0 Å². The summed E-state index contributed by atoms with van der Waals surface area (Å²) in [6.07, 6.45) is 3.99. The molecule has 0 aromatic rings. The molecule has 0 bridgehead atoms. The third-order valence-corrected chi connectivity index (χ3v) is 1.75. The first-order chi connectivity index (χ1) is 5.77. The third kappa shape index (κ3) is 2.66. The van der Waals surface area contributed by atoms with E-state index in [1.54, 1.807) is 13.0 Å². The molecule has 0 aromatic heterocycles. The van der Waals surface area contributed by atoms with Crippen molar-refractivity contribution < 1.29 is 14.3 Å². The molecule has 1 fully saturated rings. The average Bonchev–Trinajstić information content (AvgIpc) is 2.83. The summed E-state index contributed by atoms with van der Waals surface area (Å²) in [4.78, 5) is 11.0. The number of hydrogen-bond acceptors (Lipinski definition) is 3. The Morgan fingerprint density at radius 3 is 2.92 bits per heavy atom. The molecule has 2 unspecified atom stereocenters. The Morgan fingerprint density at radius 2 is 2.50 bits per heavy atom. The van der Waals surface area contributed by atoms with E-state index in [-0.39, 0.29) is 18.2 Å². The van der Waals surface area contributed by atoms with Gasteiger partial charge in [-0.3, -0.25) is 0 Å². The van der Waals surface area contributed by atoms with Crippen LogP contribution in [0.15, 0.2) is 12.2 Å². The molecular weight excluding hydrogens is 156 g/mol. The lowest BCUT2D eigenvalue weighted by Crippen LogP contribution is -2.21. The van der Waals surface area contributed by atoms with E-state index in [2.05, 4.69) is 0 Å². The molecule has 1 saturated heterocycles. The molecule has 1 heterocycles. The monoisotopic (exact) mass is 170 g/mol. The van der Waals surface area contributed by atoms with Crippen molar-refractivity contribution in [2.24, 2.45) is 0 Å². The summed E-state index contributed by atoms with van der Waals surface area (Å²) in [5.41, 5.74) is 0. The lowest BCUT2D eigenvalue weighted by molar-refractivity contribution is -0.144. The zero-order valence-corrected chi connectivity index (χ0v) is 7.45. The molecule has 1 aliphatic heterocycles. The van der Waals surface area contributed by atoms with Gasteiger partial charge < -0.3 is 9.47 Å². The molecule has 0 saturated carbocycles. The van der Waals surface area contributed by atoms with Crippen LogP contribution >= 0.6 is 0 Å². The molecule has 0 spiro atoms. The molecular formula is C9H14O3. The summed E-state index contributed by atoms with van der Waals surface area (Å²) < 4.78 is 10.2. The molecule has 3 nitrogen and oxygen atoms in total. The van der Waals surface area contributed by atoms with Crippen LogP contribution in [0.5, 0.6) is 0 Å². The number of epoxide rings is 1. The smallest absolute Gasteiger partial charge is 0.330 e. The highest BCUT2D eigenvalue weighted by atomic mass is 16.6. The van der Waals surface area contributed by atoms with E-state index in [9.17, 15) is 4.79 Å². The van der Waals surface area contributed by atoms with Crippen LogP contribution in [0.4, 0.5) is 0 Å². The minimum Gasteiger partial charge on any atom is -0.456 e. The number of allylic oxidation sites excluding steroid dienone is 1. The predicted molar refractivity (Wildman–Crippen MR) is 44.7 cm³/mol. The number of rotatable bonds is 4. The van der Waals surface area contributed by atoms with E-state index < -0.39 is 0 Å². The topological polar surface area (TPSA) is 38.8 Å². The molecule has 12 heavy (non-hydrogen) atoms. The summed E-state index contributed by atoms with van der Waals surface area (Å²) in [6, 6.07) is 0. The van der Waals surface area contributed by atoms with Gasteiger partial charge in [-0.25, -0.2) is 4.79 Å². The van der Waals surface area contributed by atoms with Crippen LogP contribution in [0, 0.1) is 0 Å². The first-order valence-corrected chi connectivity index (χ1v) is 4.22. The largest absolute Gasteiger partial charge is 0.456 e. The Morgan fingerprint density at radius 1 is 1.83 bits per heavy atom. The Balaban J connectivity index is 2.30. The van der Waals surface area contributed by atoms with E-state index in [1.165, 1.54) is 6.08 Å². The van der Waals surface area contributed by atoms with Crippen molar-refractivity contribution in [1.82, 2.24) is 0 Å². The van der Waals surface area contributed by atoms with Gasteiger partial charge >= 0.3 is 5.97 Å². The average molecular weight is 170 g/mol. The summed E-state index contributed by atoms with van der Waals surface area (Å²) >= 11 is 0. The minimum absolute atomic E-state index is 0.0614. The number of carbonyl (C=O) groups excluding carboxylic acids is 1. The zero-order valence-electron chi connectivity index (χ0n) is 7.45. The molecule has 1 rings (SSSR count). The third-order valence-electron chi connectivity index (χ3n) is 1.75. The second kappa shape index (κ2) is 4.26. The summed E-state index contributed by atoms with van der Waals surface area (Å²) in [5.74, 6) is -0.278. The minimum atomic E-state index is -0.278. The van der Waals surface area contributed by atoms with Gasteiger partial charge in [0.2, 0.25) is 0 Å². The maximum absolute atomic E-state index is 11.0. The summed E-state index contributed by atoms with van der Waals surface area (Å²) in [5, 5.41) is 0. The second-order valence-electron chi connectivity index (χ2n) is 2.76. The molecule has 0 radical (unpaired) electrons. The Bertz CT molecular complexity index is 182. The SMILES string of the molecule is CC=CC(=O)OC(CC)C1CO1. The molecule has 3 heteroatoms. The van der Waals surface area contributed by atoms with Crippen LogP contribution in [0.2, 0.25) is 0 Å². The van der Waals surface area contributed by atoms with Crippen molar-refractivity contribution in [2.45, 2.75) is 32.5 Å². The van der Waals surface area contributed by atoms with Crippen LogP contribution in [-0.2, 0) is 14.3 Å². The summed E-state index contributed by atoms with van der Waals surface area (Å²) in [6.45, 7) is 4.49. The lowest BCUT2D eigenvalue weighted by atomic mass is 10.2. The van der Waals surface area contributed by atoms with Gasteiger partial charge in [0.1, 0.15) is 12.2 Å². The van der Waals surface area contributed by atoms with E-state index in [1.807, 2.05) is 6.92 Å². The van der Waals surface area contributed by atoms with Gasteiger partial charge in [-0.2, -0.15) is 0 Å². The molecule has 2 atom stereocenters. The molecule has 1 aliphatic rings. The number of esters is 1. The van der Waals surface area contributed by atoms with Crippen LogP contribution in [0.1, 0.15) is 20.3 Å². The molecule has 0 amide bonds. The Hall–Kier alpha value is -0.830. The van der Waals surface area contributed by atoms with Gasteiger partial charge in [-0.1, -0.05) is 13.0 Å². The normalized spacial score (nSPS) is 24.0. The lowest BCUT2D eigenvalue weighted by Gasteiger charge is -2.11. The molecule has 0 aliphatic carbocycles. The highest BCUT2D eigenvalue weighted by Crippen LogP contribution is 2.19. The van der Waals surface area contributed by atoms with E-state index in [0.717, 1.165) is 13.0 Å². The van der Waals surface area contributed by atoms with Crippen LogP contribution in [-0.4, -0.2) is 24.8 Å². The van der Waals surface area contributed by atoms with Crippen LogP contribution in [0.25, 0.3) is 0 Å². The van der Waals surface area contributed by atoms with Crippen molar-refractivity contribution in [2.75, 3.05) is 6.61 Å². The van der Waals surface area contributed by atoms with Crippen LogP contribution < -0.4 is 0 Å². The van der Waals surface area contributed by atoms with Crippen molar-refractivity contribution in [3.05, 3.63) is 12.2 Å². The number of hydrogen-bond donors (Lipinski definition) is 0. The van der Waals surface area contributed by atoms with Crippen molar-refractivity contribution >= 4 is 5.97 Å². The maximum atomic E-state index is 11.0. The first kappa shape index (κ1) is 9.26. The standard InChI is InChI=1S/C9H14O3/c1-3-5-9(10)12-7(4-2)8-6-11-8/h3,5,7-8H,4,6H2,1-2H3. The fraction of sp³-hybridized carbons (Fsp3) is 0.667. The second-order valence-corrected chi connectivity index (χ2v) is 2.76. The predicted octanol–water partition coefficient (Wildman–Crippen LogP) is 1.28. The van der Waals surface area contributed by atoms with Gasteiger partial charge in [0.15, 0.2) is 0 Å². The Labute approximate surface area is 72.4 Å². The van der Waals surface area contributed by atoms with Gasteiger partial charge in [-0.15, -0.1) is 0 Å². The van der Waals surface area contributed by atoms with Crippen molar-refractivity contribution in [3.63, 3.8) is 0 Å². The molecule has 0 N–H and O–H groups in total. The van der Waals surface area contributed by atoms with E-state index in [4.69, 9.17) is 9.47 Å². The maximum Gasteiger partial charge on any atom is 0.330 e. The first-order valence-electron chi connectivity index (χ1n) is 4.22. The van der Waals surface area contributed by atoms with Gasteiger partial charge in [0, 0.05) is 6.08 Å². The summed E-state index contributed by atoms with van der Waals surface area (Å²) in [7, 11) is 0. The van der Waals surface area contributed by atoms with E-state index >= 15 is 0 Å². The highest BCUT2D eigenvalue weighted by Gasteiger charge is 2.33. The quantitative estimate of drug-likeness (QED) is 0.362. The van der Waals surface area contributed by atoms with Crippen molar-refractivity contribution in [1.29, 1.82) is 0 Å². The van der Waals surface area contributed by atoms with Gasteiger partial charge in [0.25, 0.3) is 0 Å². The Kier molecular flexibility index (Phi) is 3.29.